The summed E-state index contributed by atoms with van der Waals surface area (Å²) in [6.07, 6.45) is -1.40. The van der Waals surface area contributed by atoms with Gasteiger partial charge in [0, 0.05) is 43.4 Å². The number of ether oxygens (including phenoxy) is 1. The molecule has 1 aliphatic heterocycles. The van der Waals surface area contributed by atoms with E-state index in [-0.39, 0.29) is 30.3 Å². The van der Waals surface area contributed by atoms with Gasteiger partial charge >= 0.3 is 12.3 Å². The minimum atomic E-state index is -4.59. The molecule has 1 fully saturated rings. The number of halogens is 3. The van der Waals surface area contributed by atoms with Crippen molar-refractivity contribution in [3.8, 4) is 0 Å². The van der Waals surface area contributed by atoms with Crippen molar-refractivity contribution in [1.29, 1.82) is 0 Å². The van der Waals surface area contributed by atoms with Crippen LogP contribution in [0.15, 0.2) is 79.1 Å². The zero-order valence-electron chi connectivity index (χ0n) is 20.6. The number of likely N-dealkylation sites (tertiary alicyclic amines) is 1. The topological polar surface area (TPSA) is 76.6 Å². The minimum absolute atomic E-state index is 0.106. The number of piperidine rings is 1. The summed E-state index contributed by atoms with van der Waals surface area (Å²) in [6, 6.07) is 16.7. The fraction of sp³-hybridized carbons (Fsp3) is 0.310. The van der Waals surface area contributed by atoms with Crippen LogP contribution < -0.4 is 0 Å². The molecule has 1 saturated heterocycles. The highest BCUT2D eigenvalue weighted by Crippen LogP contribution is 2.33. The smallest absolute Gasteiger partial charge is 0.416 e. The minimum Gasteiger partial charge on any atom is -0.445 e. The number of benzene rings is 2. The highest BCUT2D eigenvalue weighted by molar-refractivity contribution is 6.03. The van der Waals surface area contributed by atoms with Crippen LogP contribution in [0.3, 0.4) is 0 Å². The third-order valence-electron chi connectivity index (χ3n) is 6.72. The van der Waals surface area contributed by atoms with Crippen molar-refractivity contribution >= 4 is 17.7 Å². The van der Waals surface area contributed by atoms with Crippen LogP contribution in [0.4, 0.5) is 18.0 Å². The Hall–Kier alpha value is -4.01. The Balaban J connectivity index is 1.40. The van der Waals surface area contributed by atoms with Crippen LogP contribution in [0.1, 0.15) is 52.2 Å². The second kappa shape index (κ2) is 12.0. The van der Waals surface area contributed by atoms with Crippen LogP contribution in [0, 0.1) is 5.92 Å². The second-order valence-electron chi connectivity index (χ2n) is 9.25. The molecule has 0 bridgehead atoms. The first-order valence-corrected chi connectivity index (χ1v) is 12.3. The van der Waals surface area contributed by atoms with Crippen LogP contribution in [-0.2, 0) is 22.3 Å². The molecule has 3 aromatic rings. The van der Waals surface area contributed by atoms with Gasteiger partial charge in [-0.15, -0.1) is 0 Å². The summed E-state index contributed by atoms with van der Waals surface area (Å²) < 4.78 is 45.0. The summed E-state index contributed by atoms with van der Waals surface area (Å²) in [6.45, 7) is 0.834. The lowest BCUT2D eigenvalue weighted by Crippen LogP contribution is -2.40. The molecule has 38 heavy (non-hydrogen) atoms. The van der Waals surface area contributed by atoms with Gasteiger partial charge in [-0.25, -0.2) is 4.79 Å². The van der Waals surface area contributed by atoms with Gasteiger partial charge in [-0.2, -0.15) is 13.2 Å². The fourth-order valence-corrected chi connectivity index (χ4v) is 4.57. The molecule has 2 heterocycles. The van der Waals surface area contributed by atoms with Gasteiger partial charge in [0.15, 0.2) is 5.78 Å². The molecule has 1 unspecified atom stereocenters. The first-order chi connectivity index (χ1) is 18.2. The molecule has 0 spiro atoms. The second-order valence-corrected chi connectivity index (χ2v) is 9.25. The van der Waals surface area contributed by atoms with E-state index in [1.165, 1.54) is 24.5 Å². The Morgan fingerprint density at radius 1 is 0.947 bits per heavy atom. The zero-order valence-corrected chi connectivity index (χ0v) is 20.6. The summed E-state index contributed by atoms with van der Waals surface area (Å²) in [5.74, 6) is -2.03. The maximum Gasteiger partial charge on any atom is 0.416 e. The lowest BCUT2D eigenvalue weighted by molar-refractivity contribution is -0.137. The summed E-state index contributed by atoms with van der Waals surface area (Å²) in [7, 11) is 0. The van der Waals surface area contributed by atoms with Gasteiger partial charge in [0.05, 0.1) is 11.5 Å². The number of ketones is 2. The SMILES string of the molecule is O=C(CC(C(=O)c1cccc(C(F)(F)F)c1)c1ccncc1)C1CCN(C(=O)OCc2ccccc2)CC1. The van der Waals surface area contributed by atoms with Crippen molar-refractivity contribution in [2.75, 3.05) is 13.1 Å². The quantitative estimate of drug-likeness (QED) is 0.334. The molecule has 0 saturated carbocycles. The maximum absolute atomic E-state index is 13.4. The van der Waals surface area contributed by atoms with E-state index in [1.54, 1.807) is 17.0 Å². The van der Waals surface area contributed by atoms with Crippen LogP contribution >= 0.6 is 0 Å². The van der Waals surface area contributed by atoms with Gasteiger partial charge < -0.3 is 9.64 Å². The van der Waals surface area contributed by atoms with Crippen molar-refractivity contribution in [2.45, 2.75) is 38.0 Å². The molecule has 1 aliphatic rings. The number of aromatic nitrogens is 1. The first kappa shape index (κ1) is 27.0. The summed E-state index contributed by atoms with van der Waals surface area (Å²) in [5.41, 5.74) is 0.358. The Morgan fingerprint density at radius 3 is 2.29 bits per heavy atom. The number of carbonyl (C=O) groups is 3. The largest absolute Gasteiger partial charge is 0.445 e. The van der Waals surface area contributed by atoms with E-state index < -0.39 is 29.5 Å². The van der Waals surface area contributed by atoms with Crippen molar-refractivity contribution < 1.29 is 32.3 Å². The predicted molar refractivity (Wildman–Crippen MR) is 133 cm³/mol. The average Bonchev–Trinajstić information content (AvgIpc) is 2.95. The number of hydrogen-bond donors (Lipinski definition) is 0. The number of alkyl halides is 3. The molecule has 9 heteroatoms. The normalized spacial score (nSPS) is 15.1. The van der Waals surface area contributed by atoms with Crippen molar-refractivity contribution in [2.24, 2.45) is 5.92 Å². The molecule has 1 atom stereocenters. The molecule has 198 valence electrons. The zero-order chi connectivity index (χ0) is 27.1. The van der Waals surface area contributed by atoms with Crippen molar-refractivity contribution in [3.63, 3.8) is 0 Å². The fourth-order valence-electron chi connectivity index (χ4n) is 4.57. The lowest BCUT2D eigenvalue weighted by Gasteiger charge is -2.31. The lowest BCUT2D eigenvalue weighted by atomic mass is 9.82. The highest BCUT2D eigenvalue weighted by atomic mass is 19.4. The molecular weight excluding hydrogens is 497 g/mol. The Labute approximate surface area is 218 Å². The van der Waals surface area contributed by atoms with Gasteiger partial charge in [-0.05, 0) is 48.2 Å². The molecular formula is C29H27F3N2O4. The molecule has 1 aromatic heterocycles. The van der Waals surface area contributed by atoms with Gasteiger partial charge in [0.2, 0.25) is 0 Å². The van der Waals surface area contributed by atoms with Crippen LogP contribution in [0.25, 0.3) is 0 Å². The number of carbonyl (C=O) groups excluding carboxylic acids is 3. The summed E-state index contributed by atoms with van der Waals surface area (Å²) in [4.78, 5) is 44.6. The predicted octanol–water partition coefficient (Wildman–Crippen LogP) is 6.07. The number of Topliss-reactive ketones (excluding diaryl/α,β-unsaturated/α-hetero) is 2. The van der Waals surface area contributed by atoms with Crippen molar-refractivity contribution in [1.82, 2.24) is 9.88 Å². The average molecular weight is 525 g/mol. The molecule has 4 rings (SSSR count). The summed E-state index contributed by atoms with van der Waals surface area (Å²) >= 11 is 0. The standard InChI is InChI=1S/C29H27F3N2O4/c30-29(31,32)24-8-4-7-23(17-24)27(36)25(21-9-13-33-14-10-21)18-26(35)22-11-15-34(16-12-22)28(37)38-19-20-5-2-1-3-6-20/h1-10,13-14,17,22,25H,11-12,15-16,18-19H2. The number of amides is 1. The number of rotatable bonds is 8. The number of hydrogen-bond acceptors (Lipinski definition) is 5. The van der Waals surface area contributed by atoms with E-state index >= 15 is 0 Å². The third-order valence-corrected chi connectivity index (χ3v) is 6.72. The van der Waals surface area contributed by atoms with Gasteiger partial charge in [0.25, 0.3) is 0 Å². The molecule has 6 nitrogen and oxygen atoms in total. The molecule has 0 aliphatic carbocycles. The van der Waals surface area contributed by atoms with Crippen molar-refractivity contribution in [3.05, 3.63) is 101 Å². The van der Waals surface area contributed by atoms with E-state index in [9.17, 15) is 27.6 Å². The van der Waals surface area contributed by atoms with E-state index in [4.69, 9.17) is 4.74 Å². The number of pyridine rings is 1. The molecule has 2 aromatic carbocycles. The number of nitrogens with zero attached hydrogens (tertiary/aromatic N) is 2. The molecule has 0 N–H and O–H groups in total. The Morgan fingerprint density at radius 2 is 1.63 bits per heavy atom. The Kier molecular flexibility index (Phi) is 8.55. The Bertz CT molecular complexity index is 1260. The maximum atomic E-state index is 13.4. The van der Waals surface area contributed by atoms with Crippen LogP contribution in [-0.4, -0.2) is 40.6 Å². The first-order valence-electron chi connectivity index (χ1n) is 12.3. The highest BCUT2D eigenvalue weighted by Gasteiger charge is 2.34. The van der Waals surface area contributed by atoms with Gasteiger partial charge in [0.1, 0.15) is 12.4 Å². The third kappa shape index (κ3) is 6.85. The molecule has 1 amide bonds. The van der Waals surface area contributed by atoms with Gasteiger partial charge in [-0.1, -0.05) is 42.5 Å². The van der Waals surface area contributed by atoms with E-state index in [0.717, 1.165) is 17.7 Å². The van der Waals surface area contributed by atoms with Crippen LogP contribution in [0.2, 0.25) is 0 Å². The van der Waals surface area contributed by atoms with E-state index in [0.29, 0.717) is 31.5 Å². The van der Waals surface area contributed by atoms with E-state index in [2.05, 4.69) is 4.98 Å². The van der Waals surface area contributed by atoms with E-state index in [1.807, 2.05) is 30.3 Å². The van der Waals surface area contributed by atoms with Gasteiger partial charge in [-0.3, -0.25) is 14.6 Å². The van der Waals surface area contributed by atoms with Crippen LogP contribution in [0.5, 0.6) is 0 Å². The molecule has 0 radical (unpaired) electrons. The monoisotopic (exact) mass is 524 g/mol. The summed E-state index contributed by atoms with van der Waals surface area (Å²) in [5, 5.41) is 0.